The minimum absolute atomic E-state index is 0.0253. The molecular formula is C19H25FN2O4S. The van der Waals surface area contributed by atoms with Gasteiger partial charge >= 0.3 is 0 Å². The Morgan fingerprint density at radius 1 is 1.22 bits per heavy atom. The van der Waals surface area contributed by atoms with E-state index in [9.17, 15) is 22.4 Å². The third-order valence-electron chi connectivity index (χ3n) is 5.42. The molecule has 1 aromatic carbocycles. The Labute approximate surface area is 159 Å². The maximum Gasteiger partial charge on any atom is 0.253 e. The molecule has 2 fully saturated rings. The van der Waals surface area contributed by atoms with E-state index in [4.69, 9.17) is 0 Å². The van der Waals surface area contributed by atoms with Crippen molar-refractivity contribution in [1.82, 2.24) is 9.80 Å². The molecule has 2 amide bonds. The van der Waals surface area contributed by atoms with Gasteiger partial charge < -0.3 is 9.80 Å². The zero-order chi connectivity index (χ0) is 19.6. The van der Waals surface area contributed by atoms with Crippen LogP contribution in [0.5, 0.6) is 0 Å². The minimum Gasteiger partial charge on any atom is -0.339 e. The number of piperidine rings is 1. The Morgan fingerprint density at radius 2 is 1.93 bits per heavy atom. The molecule has 0 saturated carbocycles. The van der Waals surface area contributed by atoms with Gasteiger partial charge in [-0.05, 0) is 50.5 Å². The van der Waals surface area contributed by atoms with Gasteiger partial charge in [0.25, 0.3) is 5.91 Å². The maximum atomic E-state index is 13.1. The smallest absolute Gasteiger partial charge is 0.253 e. The summed E-state index contributed by atoms with van der Waals surface area (Å²) in [6, 6.07) is 5.13. The Kier molecular flexibility index (Phi) is 5.83. The first-order valence-corrected chi connectivity index (χ1v) is 11.2. The van der Waals surface area contributed by atoms with E-state index in [-0.39, 0.29) is 35.3 Å². The number of halogens is 1. The van der Waals surface area contributed by atoms with Crippen molar-refractivity contribution in [3.05, 3.63) is 35.6 Å². The van der Waals surface area contributed by atoms with Crippen molar-refractivity contribution in [2.75, 3.05) is 31.1 Å². The molecule has 0 aromatic heterocycles. The van der Waals surface area contributed by atoms with Crippen molar-refractivity contribution in [3.8, 4) is 0 Å². The number of hydrogen-bond acceptors (Lipinski definition) is 4. The predicted molar refractivity (Wildman–Crippen MR) is 99.5 cm³/mol. The lowest BCUT2D eigenvalue weighted by Gasteiger charge is -2.36. The number of carbonyl (C=O) groups excluding carboxylic acids is 2. The zero-order valence-corrected chi connectivity index (χ0v) is 16.3. The van der Waals surface area contributed by atoms with E-state index in [0.29, 0.717) is 44.5 Å². The molecule has 2 saturated heterocycles. The van der Waals surface area contributed by atoms with E-state index in [1.54, 1.807) is 9.80 Å². The highest BCUT2D eigenvalue weighted by Gasteiger charge is 2.38. The van der Waals surface area contributed by atoms with Gasteiger partial charge in [-0.2, -0.15) is 0 Å². The fourth-order valence-electron chi connectivity index (χ4n) is 3.99. The van der Waals surface area contributed by atoms with Crippen LogP contribution in [0.25, 0.3) is 0 Å². The standard InChI is InChI=1S/C19H25FN2O4S/c1-2-22(17-9-11-27(25,26)13-17)19(24)15-4-3-10-21(12-15)18(23)14-5-7-16(20)8-6-14/h5-8,15,17H,2-4,9-13H2,1H3. The van der Waals surface area contributed by atoms with Crippen molar-refractivity contribution in [1.29, 1.82) is 0 Å². The summed E-state index contributed by atoms with van der Waals surface area (Å²) < 4.78 is 36.6. The highest BCUT2D eigenvalue weighted by atomic mass is 32.2. The Balaban J connectivity index is 1.68. The molecule has 0 spiro atoms. The first-order valence-electron chi connectivity index (χ1n) is 9.36. The fourth-order valence-corrected chi connectivity index (χ4v) is 5.72. The van der Waals surface area contributed by atoms with Crippen LogP contribution in [0.1, 0.15) is 36.5 Å². The van der Waals surface area contributed by atoms with Crippen LogP contribution in [-0.4, -0.2) is 67.2 Å². The lowest BCUT2D eigenvalue weighted by atomic mass is 9.95. The lowest BCUT2D eigenvalue weighted by molar-refractivity contribution is -0.138. The monoisotopic (exact) mass is 396 g/mol. The molecule has 148 valence electrons. The second-order valence-corrected chi connectivity index (χ2v) is 9.51. The topological polar surface area (TPSA) is 74.8 Å². The average molecular weight is 396 g/mol. The molecule has 0 aliphatic carbocycles. The maximum absolute atomic E-state index is 13.1. The summed E-state index contributed by atoms with van der Waals surface area (Å²) in [5.74, 6) is -0.858. The molecule has 2 heterocycles. The minimum atomic E-state index is -3.07. The Bertz CT molecular complexity index is 810. The molecule has 27 heavy (non-hydrogen) atoms. The third-order valence-corrected chi connectivity index (χ3v) is 7.17. The van der Waals surface area contributed by atoms with Gasteiger partial charge in [0.05, 0.1) is 17.4 Å². The summed E-state index contributed by atoms with van der Waals surface area (Å²) in [5, 5.41) is 0. The highest BCUT2D eigenvalue weighted by molar-refractivity contribution is 7.91. The molecule has 1 aromatic rings. The number of rotatable bonds is 4. The molecule has 2 unspecified atom stereocenters. The van der Waals surface area contributed by atoms with Crippen LogP contribution in [0.4, 0.5) is 4.39 Å². The molecule has 2 aliphatic heterocycles. The summed E-state index contributed by atoms with van der Waals surface area (Å²) in [4.78, 5) is 29.0. The van der Waals surface area contributed by atoms with Crippen LogP contribution in [0.15, 0.2) is 24.3 Å². The molecule has 8 heteroatoms. The van der Waals surface area contributed by atoms with Gasteiger partial charge in [0.2, 0.25) is 5.91 Å². The van der Waals surface area contributed by atoms with Gasteiger partial charge in [-0.1, -0.05) is 0 Å². The van der Waals surface area contributed by atoms with Crippen LogP contribution in [0.2, 0.25) is 0 Å². The van der Waals surface area contributed by atoms with E-state index in [1.807, 2.05) is 6.92 Å². The SMILES string of the molecule is CCN(C(=O)C1CCCN(C(=O)c2ccc(F)cc2)C1)C1CCS(=O)(=O)C1. The Hall–Kier alpha value is -1.96. The molecule has 0 N–H and O–H groups in total. The molecule has 3 rings (SSSR count). The summed E-state index contributed by atoms with van der Waals surface area (Å²) in [6.45, 7) is 3.18. The van der Waals surface area contributed by atoms with Crippen molar-refractivity contribution in [3.63, 3.8) is 0 Å². The van der Waals surface area contributed by atoms with E-state index >= 15 is 0 Å². The normalized spacial score (nSPS) is 24.6. The van der Waals surface area contributed by atoms with Gasteiger partial charge in [0.15, 0.2) is 9.84 Å². The van der Waals surface area contributed by atoms with E-state index < -0.39 is 15.7 Å². The van der Waals surface area contributed by atoms with Gasteiger partial charge in [-0.25, -0.2) is 12.8 Å². The van der Waals surface area contributed by atoms with Gasteiger partial charge in [-0.15, -0.1) is 0 Å². The quantitative estimate of drug-likeness (QED) is 0.777. The van der Waals surface area contributed by atoms with Gasteiger partial charge in [0, 0.05) is 31.2 Å². The molecule has 0 radical (unpaired) electrons. The van der Waals surface area contributed by atoms with Crippen molar-refractivity contribution >= 4 is 21.7 Å². The molecular weight excluding hydrogens is 371 g/mol. The molecule has 2 aliphatic rings. The van der Waals surface area contributed by atoms with Crippen LogP contribution >= 0.6 is 0 Å². The summed E-state index contributed by atoms with van der Waals surface area (Å²) in [5.41, 5.74) is 0.402. The highest BCUT2D eigenvalue weighted by Crippen LogP contribution is 2.25. The van der Waals surface area contributed by atoms with Crippen LogP contribution < -0.4 is 0 Å². The lowest BCUT2D eigenvalue weighted by Crippen LogP contribution is -2.49. The number of amides is 2. The second kappa shape index (κ2) is 7.96. The van der Waals surface area contributed by atoms with E-state index in [1.165, 1.54) is 24.3 Å². The number of benzene rings is 1. The van der Waals surface area contributed by atoms with Crippen molar-refractivity contribution < 1.29 is 22.4 Å². The fraction of sp³-hybridized carbons (Fsp3) is 0.579. The Morgan fingerprint density at radius 3 is 2.52 bits per heavy atom. The summed E-state index contributed by atoms with van der Waals surface area (Å²) >= 11 is 0. The summed E-state index contributed by atoms with van der Waals surface area (Å²) in [7, 11) is -3.07. The number of hydrogen-bond donors (Lipinski definition) is 0. The first-order chi connectivity index (χ1) is 12.8. The predicted octanol–water partition coefficient (Wildman–Crippen LogP) is 1.71. The number of carbonyl (C=O) groups is 2. The average Bonchev–Trinajstić information content (AvgIpc) is 3.02. The molecule has 0 bridgehead atoms. The summed E-state index contributed by atoms with van der Waals surface area (Å²) in [6.07, 6.45) is 1.87. The third kappa shape index (κ3) is 4.48. The van der Waals surface area contributed by atoms with Crippen LogP contribution in [-0.2, 0) is 14.6 Å². The second-order valence-electron chi connectivity index (χ2n) is 7.28. The molecule has 2 atom stereocenters. The first kappa shape index (κ1) is 19.8. The number of likely N-dealkylation sites (tertiary alicyclic amines) is 1. The number of sulfone groups is 1. The zero-order valence-electron chi connectivity index (χ0n) is 15.4. The van der Waals surface area contributed by atoms with E-state index in [2.05, 4.69) is 0 Å². The van der Waals surface area contributed by atoms with E-state index in [0.717, 1.165) is 0 Å². The van der Waals surface area contributed by atoms with Crippen LogP contribution in [0, 0.1) is 11.7 Å². The molecule has 6 nitrogen and oxygen atoms in total. The van der Waals surface area contributed by atoms with Crippen LogP contribution in [0.3, 0.4) is 0 Å². The van der Waals surface area contributed by atoms with Gasteiger partial charge in [-0.3, -0.25) is 9.59 Å². The van der Waals surface area contributed by atoms with Crippen molar-refractivity contribution in [2.24, 2.45) is 5.92 Å². The number of nitrogens with zero attached hydrogens (tertiary/aromatic N) is 2. The van der Waals surface area contributed by atoms with Crippen molar-refractivity contribution in [2.45, 2.75) is 32.2 Å². The van der Waals surface area contributed by atoms with Gasteiger partial charge in [0.1, 0.15) is 5.82 Å². The largest absolute Gasteiger partial charge is 0.339 e.